The Labute approximate surface area is 129 Å². The van der Waals surface area contributed by atoms with E-state index in [2.05, 4.69) is 17.2 Å². The van der Waals surface area contributed by atoms with Gasteiger partial charge < -0.3 is 11.1 Å². The van der Waals surface area contributed by atoms with Crippen molar-refractivity contribution >= 4 is 17.2 Å². The van der Waals surface area contributed by atoms with Gasteiger partial charge in [-0.2, -0.15) is 0 Å². The van der Waals surface area contributed by atoms with Crippen LogP contribution >= 0.6 is 11.3 Å². The zero-order valence-electron chi connectivity index (χ0n) is 12.0. The van der Waals surface area contributed by atoms with Crippen LogP contribution in [0, 0.1) is 18.8 Å². The Balaban J connectivity index is 1.83. The molecule has 21 heavy (non-hydrogen) atoms. The number of rotatable bonds is 4. The van der Waals surface area contributed by atoms with Crippen LogP contribution in [0.15, 0.2) is 35.7 Å². The summed E-state index contributed by atoms with van der Waals surface area (Å²) in [6.45, 7) is 2.93. The Morgan fingerprint density at radius 1 is 1.33 bits per heavy atom. The Hall–Kier alpha value is -2.09. The molecule has 2 aromatic rings. The summed E-state index contributed by atoms with van der Waals surface area (Å²) in [5.74, 6) is 5.83. The van der Waals surface area contributed by atoms with E-state index in [9.17, 15) is 4.79 Å². The van der Waals surface area contributed by atoms with Crippen LogP contribution in [-0.4, -0.2) is 12.5 Å². The molecule has 0 aliphatic carbocycles. The van der Waals surface area contributed by atoms with Crippen LogP contribution in [0.5, 0.6) is 0 Å². The Morgan fingerprint density at radius 2 is 2.10 bits per heavy atom. The highest BCUT2D eigenvalue weighted by Gasteiger charge is 2.04. The van der Waals surface area contributed by atoms with Gasteiger partial charge in [0.1, 0.15) is 0 Å². The lowest BCUT2D eigenvalue weighted by Crippen LogP contribution is -2.24. The van der Waals surface area contributed by atoms with Crippen molar-refractivity contribution < 1.29 is 4.79 Å². The minimum atomic E-state index is 0.0295. The summed E-state index contributed by atoms with van der Waals surface area (Å²) >= 11 is 1.59. The second kappa shape index (κ2) is 7.63. The van der Waals surface area contributed by atoms with Gasteiger partial charge in [0.2, 0.25) is 5.91 Å². The standard InChI is InChI=1S/C17H18N2OS/c1-13-4-6-14(7-5-13)10-17(20)19-11-16-9-15(12-21-16)3-2-8-18/h4-7,9,12H,8,10-11,18H2,1H3,(H,19,20). The van der Waals surface area contributed by atoms with Gasteiger partial charge in [-0.1, -0.05) is 41.7 Å². The molecule has 0 fully saturated rings. The Morgan fingerprint density at radius 3 is 2.81 bits per heavy atom. The maximum Gasteiger partial charge on any atom is 0.224 e. The van der Waals surface area contributed by atoms with Crippen LogP contribution in [0.4, 0.5) is 0 Å². The molecule has 2 rings (SSSR count). The number of amides is 1. The summed E-state index contributed by atoms with van der Waals surface area (Å²) in [4.78, 5) is 13.0. The van der Waals surface area contributed by atoms with Gasteiger partial charge in [-0.3, -0.25) is 4.79 Å². The SMILES string of the molecule is Cc1ccc(CC(=O)NCc2cc(C#CCN)cs2)cc1. The average Bonchev–Trinajstić information content (AvgIpc) is 2.93. The summed E-state index contributed by atoms with van der Waals surface area (Å²) in [7, 11) is 0. The van der Waals surface area contributed by atoms with Crippen LogP contribution < -0.4 is 11.1 Å². The predicted molar refractivity (Wildman–Crippen MR) is 87.0 cm³/mol. The molecule has 0 spiro atoms. The van der Waals surface area contributed by atoms with Gasteiger partial charge in [0, 0.05) is 15.8 Å². The number of nitrogens with two attached hydrogens (primary N) is 1. The second-order valence-electron chi connectivity index (χ2n) is 4.75. The van der Waals surface area contributed by atoms with Crippen LogP contribution in [-0.2, 0) is 17.8 Å². The molecule has 0 saturated heterocycles. The van der Waals surface area contributed by atoms with Gasteiger partial charge >= 0.3 is 0 Å². The van der Waals surface area contributed by atoms with Crippen LogP contribution in [0.1, 0.15) is 21.6 Å². The maximum atomic E-state index is 11.9. The molecule has 1 aromatic heterocycles. The number of nitrogens with one attached hydrogen (secondary N) is 1. The first-order chi connectivity index (χ1) is 10.2. The topological polar surface area (TPSA) is 55.1 Å². The van der Waals surface area contributed by atoms with E-state index in [1.165, 1.54) is 5.56 Å². The predicted octanol–water partition coefficient (Wildman–Crippen LogP) is 2.23. The molecule has 108 valence electrons. The van der Waals surface area contributed by atoms with Crippen molar-refractivity contribution in [2.75, 3.05) is 6.54 Å². The molecule has 3 N–H and O–H groups in total. The Kier molecular flexibility index (Phi) is 5.56. The zero-order chi connectivity index (χ0) is 15.1. The summed E-state index contributed by atoms with van der Waals surface area (Å²) in [5.41, 5.74) is 8.51. The quantitative estimate of drug-likeness (QED) is 0.851. The van der Waals surface area contributed by atoms with Crippen molar-refractivity contribution in [2.45, 2.75) is 19.9 Å². The van der Waals surface area contributed by atoms with E-state index >= 15 is 0 Å². The largest absolute Gasteiger partial charge is 0.351 e. The summed E-state index contributed by atoms with van der Waals surface area (Å²) in [5, 5.41) is 4.91. The van der Waals surface area contributed by atoms with Gasteiger partial charge in [0.15, 0.2) is 0 Å². The molecule has 4 heteroatoms. The number of carbonyl (C=O) groups excluding carboxylic acids is 1. The highest BCUT2D eigenvalue weighted by Crippen LogP contribution is 2.13. The van der Waals surface area contributed by atoms with Gasteiger partial charge in [0.25, 0.3) is 0 Å². The molecular formula is C17H18N2OS. The molecule has 0 bridgehead atoms. The fraction of sp³-hybridized carbons (Fsp3) is 0.235. The molecule has 0 saturated carbocycles. The van der Waals surface area contributed by atoms with Crippen molar-refractivity contribution in [3.63, 3.8) is 0 Å². The lowest BCUT2D eigenvalue weighted by atomic mass is 10.1. The lowest BCUT2D eigenvalue weighted by Gasteiger charge is -2.04. The van der Waals surface area contributed by atoms with E-state index in [1.807, 2.05) is 42.6 Å². The van der Waals surface area contributed by atoms with Crippen LogP contribution in [0.3, 0.4) is 0 Å². The van der Waals surface area contributed by atoms with Gasteiger partial charge in [0.05, 0.1) is 19.5 Å². The number of hydrogen-bond donors (Lipinski definition) is 2. The van der Waals surface area contributed by atoms with Gasteiger partial charge in [-0.15, -0.1) is 11.3 Å². The van der Waals surface area contributed by atoms with Gasteiger partial charge in [-0.25, -0.2) is 0 Å². The molecule has 0 aliphatic heterocycles. The first-order valence-electron chi connectivity index (χ1n) is 6.76. The first kappa shape index (κ1) is 15.3. The molecule has 0 aliphatic rings. The molecular weight excluding hydrogens is 280 g/mol. The lowest BCUT2D eigenvalue weighted by molar-refractivity contribution is -0.120. The molecule has 0 unspecified atom stereocenters. The first-order valence-corrected chi connectivity index (χ1v) is 7.64. The van der Waals surface area contributed by atoms with E-state index in [0.29, 0.717) is 19.5 Å². The van der Waals surface area contributed by atoms with E-state index in [0.717, 1.165) is 16.0 Å². The third-order valence-electron chi connectivity index (χ3n) is 2.93. The second-order valence-corrected chi connectivity index (χ2v) is 5.74. The number of aryl methyl sites for hydroxylation is 1. The maximum absolute atomic E-state index is 11.9. The van der Waals surface area contributed by atoms with E-state index in [1.54, 1.807) is 11.3 Å². The van der Waals surface area contributed by atoms with Crippen molar-refractivity contribution in [1.29, 1.82) is 0 Å². The summed E-state index contributed by atoms with van der Waals surface area (Å²) in [6, 6.07) is 10.00. The van der Waals surface area contributed by atoms with Crippen molar-refractivity contribution in [2.24, 2.45) is 5.73 Å². The molecule has 3 nitrogen and oxygen atoms in total. The summed E-state index contributed by atoms with van der Waals surface area (Å²) < 4.78 is 0. The summed E-state index contributed by atoms with van der Waals surface area (Å²) in [6.07, 6.45) is 0.408. The fourth-order valence-corrected chi connectivity index (χ4v) is 2.59. The number of benzene rings is 1. The Bertz CT molecular complexity index is 662. The monoisotopic (exact) mass is 298 g/mol. The average molecular weight is 298 g/mol. The van der Waals surface area contributed by atoms with E-state index < -0.39 is 0 Å². The number of hydrogen-bond acceptors (Lipinski definition) is 3. The van der Waals surface area contributed by atoms with E-state index in [4.69, 9.17) is 5.73 Å². The van der Waals surface area contributed by atoms with Crippen LogP contribution in [0.25, 0.3) is 0 Å². The minimum absolute atomic E-state index is 0.0295. The van der Waals surface area contributed by atoms with Crippen molar-refractivity contribution in [3.8, 4) is 11.8 Å². The highest BCUT2D eigenvalue weighted by molar-refractivity contribution is 7.10. The molecule has 1 aromatic carbocycles. The van der Waals surface area contributed by atoms with E-state index in [-0.39, 0.29) is 5.91 Å². The smallest absolute Gasteiger partial charge is 0.224 e. The molecule has 0 atom stereocenters. The third kappa shape index (κ3) is 5.07. The third-order valence-corrected chi connectivity index (χ3v) is 3.87. The molecule has 1 heterocycles. The van der Waals surface area contributed by atoms with Crippen molar-refractivity contribution in [1.82, 2.24) is 5.32 Å². The number of carbonyl (C=O) groups is 1. The molecule has 1 amide bonds. The van der Waals surface area contributed by atoms with Crippen molar-refractivity contribution in [3.05, 3.63) is 57.3 Å². The van der Waals surface area contributed by atoms with Crippen LogP contribution in [0.2, 0.25) is 0 Å². The number of thiophene rings is 1. The zero-order valence-corrected chi connectivity index (χ0v) is 12.8. The minimum Gasteiger partial charge on any atom is -0.351 e. The highest BCUT2D eigenvalue weighted by atomic mass is 32.1. The normalized spacial score (nSPS) is 9.81. The fourth-order valence-electron chi connectivity index (χ4n) is 1.83. The van der Waals surface area contributed by atoms with Gasteiger partial charge in [-0.05, 0) is 18.6 Å². The molecule has 0 radical (unpaired) electrons.